The number of carbonyl (C=O) groups is 2. The zero-order valence-corrected chi connectivity index (χ0v) is 19.6. The van der Waals surface area contributed by atoms with Crippen molar-refractivity contribution in [3.8, 4) is 5.75 Å². The Morgan fingerprint density at radius 3 is 2.03 bits per heavy atom. The van der Waals surface area contributed by atoms with Gasteiger partial charge in [-0.05, 0) is 35.4 Å². The van der Waals surface area contributed by atoms with Crippen LogP contribution in [0.5, 0.6) is 5.75 Å². The highest BCUT2D eigenvalue weighted by atomic mass is 16.5. The Kier molecular flexibility index (Phi) is 6.23. The minimum Gasteiger partial charge on any atom is -0.489 e. The predicted octanol–water partition coefficient (Wildman–Crippen LogP) is 5.29. The van der Waals surface area contributed by atoms with Crippen LogP contribution < -0.4 is 4.74 Å². The zero-order chi connectivity index (χ0) is 23.6. The summed E-state index contributed by atoms with van der Waals surface area (Å²) in [5, 5.41) is 0. The van der Waals surface area contributed by atoms with Crippen LogP contribution in [0.1, 0.15) is 48.3 Å². The third kappa shape index (κ3) is 4.63. The summed E-state index contributed by atoms with van der Waals surface area (Å²) in [4.78, 5) is 30.5. The Balaban J connectivity index is 1.63. The van der Waals surface area contributed by atoms with E-state index in [2.05, 4.69) is 20.8 Å². The molecule has 5 heteroatoms. The highest BCUT2D eigenvalue weighted by Gasteiger charge is 2.51. The minimum atomic E-state index is -0.685. The monoisotopic (exact) mass is 442 g/mol. The van der Waals surface area contributed by atoms with Gasteiger partial charge in [0.25, 0.3) is 11.8 Å². The van der Waals surface area contributed by atoms with Crippen LogP contribution in [0.4, 0.5) is 0 Å². The highest BCUT2D eigenvalue weighted by molar-refractivity contribution is 6.00. The summed E-state index contributed by atoms with van der Waals surface area (Å²) in [5.74, 6) is 0.481. The topological polar surface area (TPSA) is 49.9 Å². The first-order valence-corrected chi connectivity index (χ1v) is 11.2. The molecule has 0 bridgehead atoms. The molecule has 33 heavy (non-hydrogen) atoms. The second kappa shape index (κ2) is 9.10. The molecule has 3 aromatic carbocycles. The molecule has 3 aromatic rings. The van der Waals surface area contributed by atoms with Crippen molar-refractivity contribution in [3.63, 3.8) is 0 Å². The molecule has 0 aromatic heterocycles. The van der Waals surface area contributed by atoms with Crippen LogP contribution in [0.15, 0.2) is 84.9 Å². The summed E-state index contributed by atoms with van der Waals surface area (Å²) in [5.41, 5.74) is 2.11. The summed E-state index contributed by atoms with van der Waals surface area (Å²) in [6.07, 6.45) is -0.364. The molecule has 4 rings (SSSR count). The van der Waals surface area contributed by atoms with Crippen LogP contribution in [0.2, 0.25) is 0 Å². The fourth-order valence-corrected chi connectivity index (χ4v) is 4.51. The first-order chi connectivity index (χ1) is 15.8. The lowest BCUT2D eigenvalue weighted by Gasteiger charge is -2.39. The summed E-state index contributed by atoms with van der Waals surface area (Å²) in [7, 11) is 1.78. The Morgan fingerprint density at radius 1 is 0.879 bits per heavy atom. The van der Waals surface area contributed by atoms with E-state index in [0.717, 1.165) is 16.9 Å². The number of hydrogen-bond donors (Lipinski definition) is 0. The number of rotatable bonds is 5. The molecule has 0 saturated carbocycles. The number of likely N-dealkylation sites (N-methyl/N-ethyl adjacent to an activating group) is 1. The number of amides is 2. The molecule has 1 aliphatic rings. The van der Waals surface area contributed by atoms with Crippen LogP contribution in [0.25, 0.3) is 0 Å². The number of hydrogen-bond acceptors (Lipinski definition) is 3. The lowest BCUT2D eigenvalue weighted by Crippen LogP contribution is -2.49. The van der Waals surface area contributed by atoms with Crippen LogP contribution in [0, 0.1) is 5.41 Å². The van der Waals surface area contributed by atoms with Crippen molar-refractivity contribution >= 4 is 11.8 Å². The van der Waals surface area contributed by atoms with Crippen molar-refractivity contribution in [2.45, 2.75) is 39.6 Å². The van der Waals surface area contributed by atoms with Gasteiger partial charge in [0.1, 0.15) is 24.6 Å². The smallest absolute Gasteiger partial charge is 0.256 e. The molecule has 1 heterocycles. The predicted molar refractivity (Wildman–Crippen MR) is 129 cm³/mol. The van der Waals surface area contributed by atoms with E-state index in [0.29, 0.717) is 12.2 Å². The maximum atomic E-state index is 13.6. The second-order valence-electron chi connectivity index (χ2n) is 9.51. The maximum Gasteiger partial charge on any atom is 0.256 e. The average Bonchev–Trinajstić information content (AvgIpc) is 3.09. The Bertz CT molecular complexity index is 1110. The van der Waals surface area contributed by atoms with Gasteiger partial charge in [0.15, 0.2) is 0 Å². The summed E-state index contributed by atoms with van der Waals surface area (Å²) in [6, 6.07) is 25.9. The summed E-state index contributed by atoms with van der Waals surface area (Å²) >= 11 is 0. The average molecular weight is 443 g/mol. The van der Waals surface area contributed by atoms with Crippen molar-refractivity contribution in [1.82, 2.24) is 9.80 Å². The van der Waals surface area contributed by atoms with Crippen LogP contribution in [0.3, 0.4) is 0 Å². The normalized spacial score (nSPS) is 18.5. The maximum absolute atomic E-state index is 13.6. The van der Waals surface area contributed by atoms with Gasteiger partial charge in [-0.1, -0.05) is 81.4 Å². The van der Waals surface area contributed by atoms with Crippen LogP contribution in [-0.2, 0) is 11.4 Å². The molecule has 1 aliphatic heterocycles. The molecule has 170 valence electrons. The number of benzene rings is 3. The highest BCUT2D eigenvalue weighted by Crippen LogP contribution is 2.41. The molecule has 0 unspecified atom stereocenters. The minimum absolute atomic E-state index is 0.0860. The number of ether oxygens (including phenoxy) is 1. The first-order valence-electron chi connectivity index (χ1n) is 11.2. The van der Waals surface area contributed by atoms with E-state index < -0.39 is 6.04 Å². The molecule has 0 N–H and O–H groups in total. The van der Waals surface area contributed by atoms with E-state index in [4.69, 9.17) is 4.74 Å². The standard InChI is InChI=1S/C28H30N2O3/c1-28(2,3)27-29(4)26(32)24(30(27)25(31)22-13-9-6-10-14-22)21-15-17-23(18-16-21)33-19-20-11-7-5-8-12-20/h5-18,24,27H,19H2,1-4H3/t24-,27-/m1/s1. The fraction of sp³-hybridized carbons (Fsp3) is 0.286. The van der Waals surface area contributed by atoms with Crippen molar-refractivity contribution in [3.05, 3.63) is 102 Å². The molecule has 2 atom stereocenters. The van der Waals surface area contributed by atoms with Crippen molar-refractivity contribution in [2.75, 3.05) is 7.05 Å². The van der Waals surface area contributed by atoms with E-state index in [1.807, 2.05) is 72.8 Å². The first kappa shape index (κ1) is 22.6. The third-order valence-corrected chi connectivity index (χ3v) is 5.96. The van der Waals surface area contributed by atoms with E-state index in [1.54, 1.807) is 29.0 Å². The van der Waals surface area contributed by atoms with Gasteiger partial charge in [0, 0.05) is 18.0 Å². The van der Waals surface area contributed by atoms with Crippen LogP contribution >= 0.6 is 0 Å². The molecular weight excluding hydrogens is 412 g/mol. The van der Waals surface area contributed by atoms with Gasteiger partial charge < -0.3 is 14.5 Å². The van der Waals surface area contributed by atoms with Gasteiger partial charge in [-0.2, -0.15) is 0 Å². The van der Waals surface area contributed by atoms with Gasteiger partial charge in [0.2, 0.25) is 0 Å². The SMILES string of the molecule is CN1C(=O)[C@@H](c2ccc(OCc3ccccc3)cc2)N(C(=O)c2ccccc2)[C@@H]1C(C)(C)C. The largest absolute Gasteiger partial charge is 0.489 e. The van der Waals surface area contributed by atoms with Crippen molar-refractivity contribution in [1.29, 1.82) is 0 Å². The molecule has 0 aliphatic carbocycles. The van der Waals surface area contributed by atoms with Crippen molar-refractivity contribution in [2.24, 2.45) is 5.41 Å². The molecule has 0 radical (unpaired) electrons. The zero-order valence-electron chi connectivity index (χ0n) is 19.6. The summed E-state index contributed by atoms with van der Waals surface area (Å²) < 4.78 is 5.90. The van der Waals surface area contributed by atoms with Gasteiger partial charge in [-0.15, -0.1) is 0 Å². The van der Waals surface area contributed by atoms with Gasteiger partial charge in [0.05, 0.1) is 0 Å². The third-order valence-electron chi connectivity index (χ3n) is 5.96. The fourth-order valence-electron chi connectivity index (χ4n) is 4.51. The Hall–Kier alpha value is -3.60. The lowest BCUT2D eigenvalue weighted by atomic mass is 9.90. The van der Waals surface area contributed by atoms with Gasteiger partial charge >= 0.3 is 0 Å². The summed E-state index contributed by atoms with van der Waals surface area (Å²) in [6.45, 7) is 6.62. The second-order valence-corrected chi connectivity index (χ2v) is 9.51. The molecule has 5 nitrogen and oxygen atoms in total. The molecule has 1 saturated heterocycles. The molecular formula is C28H30N2O3. The van der Waals surface area contributed by atoms with Crippen LogP contribution in [-0.4, -0.2) is 34.8 Å². The van der Waals surface area contributed by atoms with E-state index >= 15 is 0 Å². The molecule has 1 fully saturated rings. The van der Waals surface area contributed by atoms with Gasteiger partial charge in [-0.25, -0.2) is 0 Å². The number of nitrogens with zero attached hydrogens (tertiary/aromatic N) is 2. The molecule has 0 spiro atoms. The van der Waals surface area contributed by atoms with E-state index in [1.165, 1.54) is 0 Å². The van der Waals surface area contributed by atoms with Crippen molar-refractivity contribution < 1.29 is 14.3 Å². The van der Waals surface area contributed by atoms with Gasteiger partial charge in [-0.3, -0.25) is 9.59 Å². The van der Waals surface area contributed by atoms with E-state index in [-0.39, 0.29) is 23.4 Å². The van der Waals surface area contributed by atoms with E-state index in [9.17, 15) is 9.59 Å². The Morgan fingerprint density at radius 2 is 1.45 bits per heavy atom. The Labute approximate surface area is 195 Å². The molecule has 2 amide bonds. The number of carbonyl (C=O) groups excluding carboxylic acids is 2. The lowest BCUT2D eigenvalue weighted by molar-refractivity contribution is -0.129. The quantitative estimate of drug-likeness (QED) is 0.539.